The van der Waals surface area contributed by atoms with Crippen LogP contribution in [-0.2, 0) is 9.59 Å². The largest absolute Gasteiger partial charge is 0.505 e. The number of hydrogen-bond acceptors (Lipinski definition) is 5. The van der Waals surface area contributed by atoms with Gasteiger partial charge in [0.1, 0.15) is 18.3 Å². The second-order valence-corrected chi connectivity index (χ2v) is 3.91. The molecule has 7 heteroatoms. The van der Waals surface area contributed by atoms with Gasteiger partial charge in [-0.3, -0.25) is 24.7 Å². The van der Waals surface area contributed by atoms with Crippen LogP contribution in [0, 0.1) is 0 Å². The van der Waals surface area contributed by atoms with Gasteiger partial charge in [0.25, 0.3) is 5.91 Å². The van der Waals surface area contributed by atoms with Crippen molar-refractivity contribution >= 4 is 17.7 Å². The third-order valence-electron chi connectivity index (χ3n) is 2.71. The molecule has 0 bridgehead atoms. The Hall–Kier alpha value is -2.44. The van der Waals surface area contributed by atoms with Crippen LogP contribution < -0.4 is 5.32 Å². The van der Waals surface area contributed by atoms with Crippen molar-refractivity contribution in [1.82, 2.24) is 15.2 Å². The molecule has 0 aromatic carbocycles. The molecule has 1 saturated heterocycles. The summed E-state index contributed by atoms with van der Waals surface area (Å²) in [5.41, 5.74) is 0.0133. The molecule has 1 atom stereocenters. The van der Waals surface area contributed by atoms with Crippen LogP contribution in [0.3, 0.4) is 0 Å². The molecule has 7 nitrogen and oxygen atoms in total. The molecule has 1 fully saturated rings. The van der Waals surface area contributed by atoms with Crippen molar-refractivity contribution in [1.29, 1.82) is 0 Å². The smallest absolute Gasteiger partial charge is 0.258 e. The van der Waals surface area contributed by atoms with E-state index in [1.54, 1.807) is 0 Å². The van der Waals surface area contributed by atoms with Crippen LogP contribution in [0.1, 0.15) is 17.3 Å². The van der Waals surface area contributed by atoms with Crippen molar-refractivity contribution < 1.29 is 19.5 Å². The Morgan fingerprint density at radius 3 is 2.94 bits per heavy atom. The number of rotatable bonds is 1. The van der Waals surface area contributed by atoms with Crippen LogP contribution in [0.2, 0.25) is 0 Å². The molecule has 2 N–H and O–H groups in total. The summed E-state index contributed by atoms with van der Waals surface area (Å²) in [6.07, 6.45) is 2.48. The van der Waals surface area contributed by atoms with E-state index in [9.17, 15) is 19.5 Å². The summed E-state index contributed by atoms with van der Waals surface area (Å²) in [7, 11) is 0. The Balaban J connectivity index is 2.31. The van der Waals surface area contributed by atoms with Gasteiger partial charge in [-0.1, -0.05) is 0 Å². The molecule has 18 heavy (non-hydrogen) atoms. The first-order chi connectivity index (χ1) is 8.50. The maximum Gasteiger partial charge on any atom is 0.258 e. The molecule has 2 heterocycles. The Labute approximate surface area is 102 Å². The number of pyridine rings is 1. The number of hydrogen-bond donors (Lipinski definition) is 2. The Morgan fingerprint density at radius 1 is 1.56 bits per heavy atom. The van der Waals surface area contributed by atoms with Crippen LogP contribution in [0.25, 0.3) is 0 Å². The molecule has 1 aromatic heterocycles. The van der Waals surface area contributed by atoms with Gasteiger partial charge in [-0.25, -0.2) is 0 Å². The first-order valence-corrected chi connectivity index (χ1v) is 5.28. The summed E-state index contributed by atoms with van der Waals surface area (Å²) in [4.78, 5) is 39.6. The van der Waals surface area contributed by atoms with E-state index in [0.29, 0.717) is 0 Å². The van der Waals surface area contributed by atoms with Crippen molar-refractivity contribution in [2.45, 2.75) is 13.0 Å². The standard InChI is InChI=1S/C11H11N3O4/c1-6-10(17)13-9(16)5-14(6)11(18)7-2-3-12-4-8(7)15/h2-4,6,15H,5H2,1H3,(H,13,16,17). The van der Waals surface area contributed by atoms with Gasteiger partial charge in [0.2, 0.25) is 11.8 Å². The van der Waals surface area contributed by atoms with E-state index in [4.69, 9.17) is 0 Å². The average molecular weight is 249 g/mol. The van der Waals surface area contributed by atoms with E-state index in [2.05, 4.69) is 10.3 Å². The maximum absolute atomic E-state index is 12.1. The fourth-order valence-corrected chi connectivity index (χ4v) is 1.68. The van der Waals surface area contributed by atoms with Gasteiger partial charge in [0.15, 0.2) is 0 Å². The zero-order valence-corrected chi connectivity index (χ0v) is 9.58. The van der Waals surface area contributed by atoms with Crippen molar-refractivity contribution in [2.24, 2.45) is 0 Å². The minimum absolute atomic E-state index is 0.0133. The highest BCUT2D eigenvalue weighted by atomic mass is 16.3. The van der Waals surface area contributed by atoms with Crippen LogP contribution >= 0.6 is 0 Å². The number of nitrogens with zero attached hydrogens (tertiary/aromatic N) is 2. The topological polar surface area (TPSA) is 99.6 Å². The number of piperazine rings is 1. The number of aromatic hydroxyl groups is 1. The first kappa shape index (κ1) is 12.0. The predicted molar refractivity (Wildman–Crippen MR) is 59.6 cm³/mol. The van der Waals surface area contributed by atoms with Gasteiger partial charge in [-0.2, -0.15) is 0 Å². The highest BCUT2D eigenvalue weighted by molar-refractivity contribution is 6.07. The van der Waals surface area contributed by atoms with E-state index in [1.807, 2.05) is 0 Å². The molecule has 1 aromatic rings. The van der Waals surface area contributed by atoms with Gasteiger partial charge < -0.3 is 10.0 Å². The van der Waals surface area contributed by atoms with Gasteiger partial charge in [0.05, 0.1) is 11.8 Å². The second kappa shape index (κ2) is 4.44. The molecule has 0 aliphatic carbocycles. The van der Waals surface area contributed by atoms with E-state index in [-0.39, 0.29) is 17.9 Å². The Morgan fingerprint density at radius 2 is 2.28 bits per heavy atom. The second-order valence-electron chi connectivity index (χ2n) is 3.91. The summed E-state index contributed by atoms with van der Waals surface area (Å²) >= 11 is 0. The third kappa shape index (κ3) is 2.02. The van der Waals surface area contributed by atoms with E-state index >= 15 is 0 Å². The monoisotopic (exact) mass is 249 g/mol. The molecule has 1 unspecified atom stereocenters. The van der Waals surface area contributed by atoms with Gasteiger partial charge in [-0.15, -0.1) is 0 Å². The molecule has 94 valence electrons. The van der Waals surface area contributed by atoms with Gasteiger partial charge >= 0.3 is 0 Å². The molecule has 1 aliphatic heterocycles. The van der Waals surface area contributed by atoms with E-state index < -0.39 is 23.8 Å². The Kier molecular flexibility index (Phi) is 2.97. The number of carbonyl (C=O) groups is 3. The molecular weight excluding hydrogens is 238 g/mol. The van der Waals surface area contributed by atoms with Gasteiger partial charge in [0, 0.05) is 6.20 Å². The first-order valence-electron chi connectivity index (χ1n) is 5.28. The predicted octanol–water partition coefficient (Wildman–Crippen LogP) is -0.726. The zero-order chi connectivity index (χ0) is 13.3. The van der Waals surface area contributed by atoms with Crippen LogP contribution in [0.4, 0.5) is 0 Å². The third-order valence-corrected chi connectivity index (χ3v) is 2.71. The van der Waals surface area contributed by atoms with E-state index in [1.165, 1.54) is 19.2 Å². The number of nitrogens with one attached hydrogen (secondary N) is 1. The molecule has 3 amide bonds. The highest BCUT2D eigenvalue weighted by Gasteiger charge is 2.34. The van der Waals surface area contributed by atoms with Gasteiger partial charge in [-0.05, 0) is 13.0 Å². The minimum atomic E-state index is -0.761. The summed E-state index contributed by atoms with van der Waals surface area (Å²) in [5, 5.41) is 11.7. The lowest BCUT2D eigenvalue weighted by molar-refractivity contribution is -0.138. The number of imide groups is 1. The van der Waals surface area contributed by atoms with Crippen molar-refractivity contribution in [3.63, 3.8) is 0 Å². The van der Waals surface area contributed by atoms with Crippen molar-refractivity contribution in [3.05, 3.63) is 24.0 Å². The highest BCUT2D eigenvalue weighted by Crippen LogP contribution is 2.18. The molecule has 2 rings (SSSR count). The Bertz CT molecular complexity index is 529. The molecule has 0 radical (unpaired) electrons. The lowest BCUT2D eigenvalue weighted by atomic mass is 10.1. The van der Waals surface area contributed by atoms with Crippen LogP contribution in [0.15, 0.2) is 18.5 Å². The van der Waals surface area contributed by atoms with Crippen molar-refractivity contribution in [3.8, 4) is 5.75 Å². The van der Waals surface area contributed by atoms with Crippen LogP contribution in [0.5, 0.6) is 5.75 Å². The molecule has 0 saturated carbocycles. The molecular formula is C11H11N3O4. The van der Waals surface area contributed by atoms with E-state index in [0.717, 1.165) is 11.1 Å². The molecule has 1 aliphatic rings. The molecule has 0 spiro atoms. The van der Waals surface area contributed by atoms with Crippen molar-refractivity contribution in [2.75, 3.05) is 6.54 Å². The SMILES string of the molecule is CC1C(=O)NC(=O)CN1C(=O)c1ccncc1O. The normalized spacial score (nSPS) is 19.6. The average Bonchev–Trinajstić information content (AvgIpc) is 2.33. The number of amides is 3. The number of carbonyl (C=O) groups excluding carboxylic acids is 3. The minimum Gasteiger partial charge on any atom is -0.505 e. The zero-order valence-electron chi connectivity index (χ0n) is 9.58. The summed E-state index contributed by atoms with van der Waals surface area (Å²) in [5.74, 6) is -1.94. The number of aromatic nitrogens is 1. The van der Waals surface area contributed by atoms with Crippen LogP contribution in [-0.4, -0.2) is 45.3 Å². The quantitative estimate of drug-likeness (QED) is 0.639. The fraction of sp³-hybridized carbons (Fsp3) is 0.273. The summed E-state index contributed by atoms with van der Waals surface area (Å²) in [6, 6.07) is 0.573. The summed E-state index contributed by atoms with van der Waals surface area (Å²) in [6.45, 7) is 1.30. The summed E-state index contributed by atoms with van der Waals surface area (Å²) < 4.78 is 0. The maximum atomic E-state index is 12.1. The fourth-order valence-electron chi connectivity index (χ4n) is 1.68. The lowest BCUT2D eigenvalue weighted by Crippen LogP contribution is -2.58. The lowest BCUT2D eigenvalue weighted by Gasteiger charge is -2.31.